The van der Waals surface area contributed by atoms with Gasteiger partial charge in [-0.05, 0) is 24.5 Å². The normalized spacial score (nSPS) is 22.7. The number of para-hydroxylation sites is 1. The highest BCUT2D eigenvalue weighted by atomic mass is 19.1. The summed E-state index contributed by atoms with van der Waals surface area (Å²) in [6, 6.07) is 4.55. The highest BCUT2D eigenvalue weighted by Gasteiger charge is 2.38. The number of nitrogens with two attached hydrogens (primary N) is 1. The Bertz CT molecular complexity index is 567. The van der Waals surface area contributed by atoms with Crippen molar-refractivity contribution in [3.05, 3.63) is 29.8 Å². The molecule has 1 aliphatic rings. The van der Waals surface area contributed by atoms with E-state index in [0.29, 0.717) is 23.2 Å². The number of nitrogens with zero attached hydrogens (tertiary/aromatic N) is 2. The summed E-state index contributed by atoms with van der Waals surface area (Å²) in [6.45, 7) is 2.14. The molecule has 0 amide bonds. The molecule has 4 nitrogen and oxygen atoms in total. The Morgan fingerprint density at radius 2 is 2.24 bits per heavy atom. The van der Waals surface area contributed by atoms with E-state index in [1.807, 2.05) is 0 Å². The number of anilines is 1. The summed E-state index contributed by atoms with van der Waals surface area (Å²) in [5.41, 5.74) is 6.14. The van der Waals surface area contributed by atoms with E-state index in [1.165, 1.54) is 6.07 Å². The fourth-order valence-electron chi connectivity index (χ4n) is 1.90. The van der Waals surface area contributed by atoms with Crippen LogP contribution in [0.2, 0.25) is 0 Å². The lowest BCUT2D eigenvalue weighted by molar-refractivity contribution is 0.422. The van der Waals surface area contributed by atoms with E-state index in [2.05, 4.69) is 17.1 Å². The number of rotatable bonds is 2. The van der Waals surface area contributed by atoms with Crippen molar-refractivity contribution < 1.29 is 8.91 Å². The molecule has 0 radical (unpaired) electrons. The van der Waals surface area contributed by atoms with Gasteiger partial charge in [0.25, 0.3) is 5.89 Å². The first-order valence-corrected chi connectivity index (χ1v) is 5.55. The number of hydrogen-bond acceptors (Lipinski definition) is 4. The summed E-state index contributed by atoms with van der Waals surface area (Å²) in [5.74, 6) is 1.49. The minimum atomic E-state index is -0.470. The molecule has 0 spiro atoms. The zero-order chi connectivity index (χ0) is 12.0. The first-order valence-electron chi connectivity index (χ1n) is 5.55. The molecule has 17 heavy (non-hydrogen) atoms. The van der Waals surface area contributed by atoms with E-state index in [1.54, 1.807) is 12.1 Å². The zero-order valence-corrected chi connectivity index (χ0v) is 9.35. The Morgan fingerprint density at radius 1 is 1.47 bits per heavy atom. The molecule has 1 saturated carbocycles. The third-order valence-corrected chi connectivity index (χ3v) is 3.17. The van der Waals surface area contributed by atoms with Gasteiger partial charge in [0.15, 0.2) is 5.82 Å². The van der Waals surface area contributed by atoms with Crippen LogP contribution in [0.1, 0.15) is 25.1 Å². The Balaban J connectivity index is 1.98. The topological polar surface area (TPSA) is 64.9 Å². The van der Waals surface area contributed by atoms with Gasteiger partial charge in [-0.3, -0.25) is 0 Å². The summed E-state index contributed by atoms with van der Waals surface area (Å²) in [6.07, 6.45) is 1.08. The van der Waals surface area contributed by atoms with E-state index in [0.717, 1.165) is 6.42 Å². The molecule has 1 heterocycles. The van der Waals surface area contributed by atoms with E-state index in [4.69, 9.17) is 10.3 Å². The predicted molar refractivity (Wildman–Crippen MR) is 60.6 cm³/mol. The summed E-state index contributed by atoms with van der Waals surface area (Å²) < 4.78 is 18.4. The molecular weight excluding hydrogens is 221 g/mol. The van der Waals surface area contributed by atoms with Crippen molar-refractivity contribution in [3.63, 3.8) is 0 Å². The van der Waals surface area contributed by atoms with E-state index in [-0.39, 0.29) is 11.6 Å². The van der Waals surface area contributed by atoms with Crippen molar-refractivity contribution in [2.75, 3.05) is 5.73 Å². The molecule has 2 unspecified atom stereocenters. The maximum atomic E-state index is 13.3. The Hall–Kier alpha value is -1.91. The lowest BCUT2D eigenvalue weighted by Gasteiger charge is -2.00. The summed E-state index contributed by atoms with van der Waals surface area (Å²) in [5, 5.41) is 3.91. The Morgan fingerprint density at radius 3 is 2.94 bits per heavy atom. The van der Waals surface area contributed by atoms with Crippen LogP contribution in [0, 0.1) is 11.7 Å². The molecule has 2 aromatic rings. The molecule has 88 valence electrons. The summed E-state index contributed by atoms with van der Waals surface area (Å²) in [4.78, 5) is 4.27. The highest BCUT2D eigenvalue weighted by molar-refractivity contribution is 5.70. The lowest BCUT2D eigenvalue weighted by Crippen LogP contribution is -1.94. The smallest absolute Gasteiger partial charge is 0.260 e. The third kappa shape index (κ3) is 1.67. The zero-order valence-electron chi connectivity index (χ0n) is 9.35. The summed E-state index contributed by atoms with van der Waals surface area (Å²) in [7, 11) is 0. The fraction of sp³-hybridized carbons (Fsp3) is 0.333. The van der Waals surface area contributed by atoms with Gasteiger partial charge in [-0.1, -0.05) is 18.1 Å². The number of hydrogen-bond donors (Lipinski definition) is 1. The van der Waals surface area contributed by atoms with Crippen LogP contribution in [-0.2, 0) is 0 Å². The number of aromatic nitrogens is 2. The molecule has 2 atom stereocenters. The van der Waals surface area contributed by atoms with Crippen LogP contribution >= 0.6 is 0 Å². The number of benzene rings is 1. The molecule has 0 bridgehead atoms. The van der Waals surface area contributed by atoms with Crippen LogP contribution in [0.15, 0.2) is 22.7 Å². The first-order chi connectivity index (χ1) is 8.16. The standard InChI is InChI=1S/C12H12FN3O/c1-6-5-8(6)11-15-12(17-16-11)7-3-2-4-9(13)10(7)14/h2-4,6,8H,5,14H2,1H3. The first kappa shape index (κ1) is 10.3. The molecule has 3 rings (SSSR count). The van der Waals surface area contributed by atoms with Gasteiger partial charge in [0.2, 0.25) is 0 Å². The van der Waals surface area contributed by atoms with Gasteiger partial charge in [-0.15, -0.1) is 0 Å². The quantitative estimate of drug-likeness (QED) is 0.809. The second-order valence-corrected chi connectivity index (χ2v) is 4.48. The van der Waals surface area contributed by atoms with Crippen LogP contribution in [0.5, 0.6) is 0 Å². The Labute approximate surface area is 97.6 Å². The number of nitrogen functional groups attached to an aromatic ring is 1. The van der Waals surface area contributed by atoms with Gasteiger partial charge in [0.05, 0.1) is 11.3 Å². The van der Waals surface area contributed by atoms with E-state index in [9.17, 15) is 4.39 Å². The molecule has 2 N–H and O–H groups in total. The van der Waals surface area contributed by atoms with Crippen LogP contribution in [0.25, 0.3) is 11.5 Å². The maximum absolute atomic E-state index is 13.3. The molecule has 0 saturated heterocycles. The largest absolute Gasteiger partial charge is 0.396 e. The third-order valence-electron chi connectivity index (χ3n) is 3.17. The highest BCUT2D eigenvalue weighted by Crippen LogP contribution is 2.46. The van der Waals surface area contributed by atoms with Crippen molar-refractivity contribution in [2.24, 2.45) is 5.92 Å². The molecule has 1 aromatic heterocycles. The van der Waals surface area contributed by atoms with Crippen LogP contribution < -0.4 is 5.73 Å². The van der Waals surface area contributed by atoms with Crippen molar-refractivity contribution >= 4 is 5.69 Å². The monoisotopic (exact) mass is 233 g/mol. The molecule has 5 heteroatoms. The molecule has 1 aliphatic carbocycles. The Kier molecular flexibility index (Phi) is 2.14. The fourth-order valence-corrected chi connectivity index (χ4v) is 1.90. The average Bonchev–Trinajstić information content (AvgIpc) is 2.86. The van der Waals surface area contributed by atoms with Crippen molar-refractivity contribution in [2.45, 2.75) is 19.3 Å². The van der Waals surface area contributed by atoms with Gasteiger partial charge >= 0.3 is 0 Å². The molecule has 1 fully saturated rings. The second kappa shape index (κ2) is 3.55. The molecule has 0 aliphatic heterocycles. The maximum Gasteiger partial charge on any atom is 0.260 e. The second-order valence-electron chi connectivity index (χ2n) is 4.48. The van der Waals surface area contributed by atoms with Gasteiger partial charge in [0, 0.05) is 5.92 Å². The predicted octanol–water partition coefficient (Wildman–Crippen LogP) is 2.58. The van der Waals surface area contributed by atoms with Crippen LogP contribution in [0.4, 0.5) is 10.1 Å². The number of halogens is 1. The van der Waals surface area contributed by atoms with E-state index < -0.39 is 5.82 Å². The van der Waals surface area contributed by atoms with E-state index >= 15 is 0 Å². The van der Waals surface area contributed by atoms with Gasteiger partial charge in [-0.2, -0.15) is 4.98 Å². The van der Waals surface area contributed by atoms with Gasteiger partial charge < -0.3 is 10.3 Å². The van der Waals surface area contributed by atoms with Crippen LogP contribution in [-0.4, -0.2) is 10.1 Å². The minimum Gasteiger partial charge on any atom is -0.396 e. The summed E-state index contributed by atoms with van der Waals surface area (Å²) >= 11 is 0. The van der Waals surface area contributed by atoms with Crippen molar-refractivity contribution in [1.29, 1.82) is 0 Å². The van der Waals surface area contributed by atoms with Crippen molar-refractivity contribution in [3.8, 4) is 11.5 Å². The van der Waals surface area contributed by atoms with Crippen molar-refractivity contribution in [1.82, 2.24) is 10.1 Å². The van der Waals surface area contributed by atoms with Gasteiger partial charge in [-0.25, -0.2) is 4.39 Å². The molecule has 1 aromatic carbocycles. The minimum absolute atomic E-state index is 0.0477. The molecular formula is C12H12FN3O. The lowest BCUT2D eigenvalue weighted by atomic mass is 10.2. The average molecular weight is 233 g/mol. The SMILES string of the molecule is CC1CC1c1noc(-c2cccc(F)c2N)n1. The van der Waals surface area contributed by atoms with Crippen LogP contribution in [0.3, 0.4) is 0 Å². The van der Waals surface area contributed by atoms with Gasteiger partial charge in [0.1, 0.15) is 5.82 Å².